The van der Waals surface area contributed by atoms with Crippen LogP contribution in [0.4, 0.5) is 16.2 Å². The smallest absolute Gasteiger partial charge is 0.414 e. The summed E-state index contributed by atoms with van der Waals surface area (Å²) in [6.45, 7) is 0.937. The Labute approximate surface area is 114 Å². The first kappa shape index (κ1) is 12.3. The molecular formula is C14H12N2O4. The molecule has 2 amide bonds. The molecule has 2 heterocycles. The molecule has 102 valence electrons. The largest absolute Gasteiger partial charge is 0.459 e. The fourth-order valence-corrected chi connectivity index (χ4v) is 1.95. The minimum absolute atomic E-state index is 0.247. The first-order valence-electron chi connectivity index (χ1n) is 6.13. The van der Waals surface area contributed by atoms with E-state index in [2.05, 4.69) is 5.32 Å². The van der Waals surface area contributed by atoms with Crippen LogP contribution in [-0.4, -0.2) is 25.2 Å². The summed E-state index contributed by atoms with van der Waals surface area (Å²) >= 11 is 0. The minimum Gasteiger partial charge on any atom is -0.459 e. The van der Waals surface area contributed by atoms with E-state index in [9.17, 15) is 9.59 Å². The van der Waals surface area contributed by atoms with Gasteiger partial charge in [0.15, 0.2) is 5.76 Å². The van der Waals surface area contributed by atoms with Gasteiger partial charge in [0.2, 0.25) is 0 Å². The van der Waals surface area contributed by atoms with Gasteiger partial charge in [-0.25, -0.2) is 4.79 Å². The highest BCUT2D eigenvalue weighted by molar-refractivity contribution is 6.02. The molecule has 20 heavy (non-hydrogen) atoms. The Morgan fingerprint density at radius 3 is 2.60 bits per heavy atom. The maximum absolute atomic E-state index is 11.8. The third-order valence-corrected chi connectivity index (χ3v) is 2.94. The Balaban J connectivity index is 1.70. The van der Waals surface area contributed by atoms with Crippen LogP contribution in [0.2, 0.25) is 0 Å². The van der Waals surface area contributed by atoms with Crippen LogP contribution in [0.15, 0.2) is 47.1 Å². The molecule has 1 saturated heterocycles. The zero-order valence-corrected chi connectivity index (χ0v) is 10.5. The van der Waals surface area contributed by atoms with Gasteiger partial charge in [0.05, 0.1) is 12.8 Å². The van der Waals surface area contributed by atoms with Crippen LogP contribution in [0.3, 0.4) is 0 Å². The lowest BCUT2D eigenvalue weighted by Crippen LogP contribution is -2.23. The fourth-order valence-electron chi connectivity index (χ4n) is 1.95. The second-order valence-corrected chi connectivity index (χ2v) is 4.24. The Hall–Kier alpha value is -2.76. The second kappa shape index (κ2) is 5.08. The van der Waals surface area contributed by atoms with Crippen molar-refractivity contribution in [2.45, 2.75) is 0 Å². The fraction of sp³-hybridized carbons (Fsp3) is 0.143. The second-order valence-electron chi connectivity index (χ2n) is 4.24. The monoisotopic (exact) mass is 272 g/mol. The maximum Gasteiger partial charge on any atom is 0.414 e. The number of furan rings is 1. The number of ether oxygens (including phenoxy) is 1. The van der Waals surface area contributed by atoms with Crippen molar-refractivity contribution in [1.29, 1.82) is 0 Å². The zero-order valence-electron chi connectivity index (χ0n) is 10.5. The van der Waals surface area contributed by atoms with Crippen molar-refractivity contribution in [3.05, 3.63) is 48.4 Å². The summed E-state index contributed by atoms with van der Waals surface area (Å²) in [5, 5.41) is 2.71. The van der Waals surface area contributed by atoms with Gasteiger partial charge >= 0.3 is 6.09 Å². The van der Waals surface area contributed by atoms with Crippen LogP contribution in [0, 0.1) is 0 Å². The van der Waals surface area contributed by atoms with Gasteiger partial charge in [-0.15, -0.1) is 0 Å². The summed E-state index contributed by atoms with van der Waals surface area (Å²) in [4.78, 5) is 24.7. The number of amides is 2. The van der Waals surface area contributed by atoms with Crippen LogP contribution in [0.25, 0.3) is 0 Å². The van der Waals surface area contributed by atoms with Crippen LogP contribution in [-0.2, 0) is 4.74 Å². The number of benzene rings is 1. The lowest BCUT2D eigenvalue weighted by atomic mass is 10.2. The number of anilines is 2. The molecule has 0 bridgehead atoms. The summed E-state index contributed by atoms with van der Waals surface area (Å²) in [6, 6.07) is 10.2. The van der Waals surface area contributed by atoms with E-state index in [1.165, 1.54) is 11.2 Å². The summed E-state index contributed by atoms with van der Waals surface area (Å²) in [6.07, 6.45) is 1.09. The number of hydrogen-bond donors (Lipinski definition) is 1. The normalized spacial score (nSPS) is 14.2. The molecule has 0 atom stereocenters. The highest BCUT2D eigenvalue weighted by Crippen LogP contribution is 2.21. The number of carbonyl (C=O) groups is 2. The van der Waals surface area contributed by atoms with E-state index < -0.39 is 0 Å². The van der Waals surface area contributed by atoms with Gasteiger partial charge < -0.3 is 14.5 Å². The quantitative estimate of drug-likeness (QED) is 0.931. The molecule has 1 N–H and O–H groups in total. The van der Waals surface area contributed by atoms with Crippen molar-refractivity contribution < 1.29 is 18.7 Å². The molecule has 0 spiro atoms. The Morgan fingerprint density at radius 1 is 1.20 bits per heavy atom. The average molecular weight is 272 g/mol. The molecule has 2 aromatic rings. The van der Waals surface area contributed by atoms with Crippen molar-refractivity contribution in [1.82, 2.24) is 0 Å². The summed E-state index contributed by atoms with van der Waals surface area (Å²) in [5.74, 6) is -0.0690. The predicted octanol–water partition coefficient (Wildman–Crippen LogP) is 2.49. The van der Waals surface area contributed by atoms with Gasteiger partial charge in [0, 0.05) is 11.4 Å². The molecule has 6 heteroatoms. The predicted molar refractivity (Wildman–Crippen MR) is 71.8 cm³/mol. The molecule has 6 nitrogen and oxygen atoms in total. The maximum atomic E-state index is 11.8. The summed E-state index contributed by atoms with van der Waals surface area (Å²) in [7, 11) is 0. The molecule has 1 fully saturated rings. The zero-order chi connectivity index (χ0) is 13.9. The van der Waals surface area contributed by atoms with E-state index in [0.717, 1.165) is 5.69 Å². The number of rotatable bonds is 3. The summed E-state index contributed by atoms with van der Waals surface area (Å²) < 4.78 is 9.87. The van der Waals surface area contributed by atoms with E-state index in [-0.39, 0.29) is 17.8 Å². The summed E-state index contributed by atoms with van der Waals surface area (Å²) in [5.41, 5.74) is 1.37. The number of cyclic esters (lactones) is 1. The molecular weight excluding hydrogens is 260 g/mol. The van der Waals surface area contributed by atoms with Crippen LogP contribution >= 0.6 is 0 Å². The molecule has 1 aliphatic heterocycles. The Kier molecular flexibility index (Phi) is 3.12. The SMILES string of the molecule is O=C(Nc1ccc(N2CCOC2=O)cc1)c1ccco1. The van der Waals surface area contributed by atoms with Crippen molar-refractivity contribution in [3.8, 4) is 0 Å². The van der Waals surface area contributed by atoms with E-state index in [0.29, 0.717) is 18.8 Å². The first-order valence-corrected chi connectivity index (χ1v) is 6.13. The van der Waals surface area contributed by atoms with Crippen molar-refractivity contribution in [2.75, 3.05) is 23.4 Å². The van der Waals surface area contributed by atoms with Gasteiger partial charge in [-0.2, -0.15) is 0 Å². The average Bonchev–Trinajstić information content (AvgIpc) is 3.11. The minimum atomic E-state index is -0.350. The standard InChI is InChI=1S/C14H12N2O4/c17-13(12-2-1-8-19-12)15-10-3-5-11(6-4-10)16-7-9-20-14(16)18/h1-6,8H,7,9H2,(H,15,17). The lowest BCUT2D eigenvalue weighted by molar-refractivity contribution is 0.0996. The van der Waals surface area contributed by atoms with E-state index in [1.807, 2.05) is 0 Å². The number of carbonyl (C=O) groups excluding carboxylic acids is 2. The van der Waals surface area contributed by atoms with Gasteiger partial charge in [-0.3, -0.25) is 9.69 Å². The number of nitrogens with one attached hydrogen (secondary N) is 1. The van der Waals surface area contributed by atoms with Crippen molar-refractivity contribution >= 4 is 23.4 Å². The topological polar surface area (TPSA) is 71.8 Å². The lowest BCUT2D eigenvalue weighted by Gasteiger charge is -2.13. The van der Waals surface area contributed by atoms with Crippen LogP contribution in [0.1, 0.15) is 10.6 Å². The third kappa shape index (κ3) is 2.35. The molecule has 0 aliphatic carbocycles. The van der Waals surface area contributed by atoms with Crippen molar-refractivity contribution in [2.24, 2.45) is 0 Å². The highest BCUT2D eigenvalue weighted by atomic mass is 16.6. The molecule has 0 saturated carbocycles. The van der Waals surface area contributed by atoms with Crippen molar-refractivity contribution in [3.63, 3.8) is 0 Å². The van der Waals surface area contributed by atoms with Gasteiger partial charge in [-0.05, 0) is 36.4 Å². The molecule has 3 rings (SSSR count). The van der Waals surface area contributed by atoms with E-state index in [4.69, 9.17) is 9.15 Å². The first-order chi connectivity index (χ1) is 9.74. The Morgan fingerprint density at radius 2 is 2.00 bits per heavy atom. The highest BCUT2D eigenvalue weighted by Gasteiger charge is 2.23. The van der Waals surface area contributed by atoms with E-state index >= 15 is 0 Å². The van der Waals surface area contributed by atoms with Crippen LogP contribution < -0.4 is 10.2 Å². The molecule has 1 aliphatic rings. The number of hydrogen-bond acceptors (Lipinski definition) is 4. The molecule has 1 aromatic carbocycles. The molecule has 0 radical (unpaired) electrons. The van der Waals surface area contributed by atoms with Crippen LogP contribution in [0.5, 0.6) is 0 Å². The van der Waals surface area contributed by atoms with Gasteiger partial charge in [0.1, 0.15) is 6.61 Å². The number of nitrogens with zero attached hydrogens (tertiary/aromatic N) is 1. The van der Waals surface area contributed by atoms with E-state index in [1.54, 1.807) is 36.4 Å². The Bertz CT molecular complexity index is 619. The van der Waals surface area contributed by atoms with Gasteiger partial charge in [-0.1, -0.05) is 0 Å². The third-order valence-electron chi connectivity index (χ3n) is 2.94. The molecule has 0 unspecified atom stereocenters. The van der Waals surface area contributed by atoms with Gasteiger partial charge in [0.25, 0.3) is 5.91 Å². The molecule has 1 aromatic heterocycles.